The van der Waals surface area contributed by atoms with E-state index in [0.29, 0.717) is 14.9 Å². The Hall–Kier alpha value is -1.85. The molecule has 0 aromatic heterocycles. The number of esters is 1. The zero-order valence-corrected chi connectivity index (χ0v) is 22.1. The number of epoxide rings is 1. The molecule has 6 heteroatoms. The second-order valence-electron chi connectivity index (χ2n) is 8.70. The molecule has 0 spiro atoms. The number of carbonyl (C=O) groups excluding carboxylic acids is 1. The maximum absolute atomic E-state index is 12.6. The molecular weight excluding hydrogens is 535 g/mol. The fourth-order valence-electron chi connectivity index (χ4n) is 4.06. The summed E-state index contributed by atoms with van der Waals surface area (Å²) in [5.41, 5.74) is 4.93. The van der Waals surface area contributed by atoms with Crippen molar-refractivity contribution in [2.24, 2.45) is 0 Å². The summed E-state index contributed by atoms with van der Waals surface area (Å²) in [5, 5.41) is 0.784. The van der Waals surface area contributed by atoms with Crippen molar-refractivity contribution in [1.82, 2.24) is 0 Å². The van der Waals surface area contributed by atoms with E-state index in [0.717, 1.165) is 37.7 Å². The van der Waals surface area contributed by atoms with E-state index in [2.05, 4.69) is 53.2 Å². The number of alkyl halides is 1. The zero-order valence-electron chi connectivity index (χ0n) is 19.0. The predicted octanol–water partition coefficient (Wildman–Crippen LogP) is 8.07. The molecule has 0 saturated carbocycles. The number of aryl methyl sites for hydroxylation is 2. The normalized spacial score (nSPS) is 17.9. The number of carbonyl (C=O) groups is 1. The molecule has 0 aliphatic carbocycles. The topological polar surface area (TPSA) is 38.8 Å². The van der Waals surface area contributed by atoms with Gasteiger partial charge in [-0.15, -0.1) is 0 Å². The van der Waals surface area contributed by atoms with Crippen molar-refractivity contribution < 1.29 is 14.3 Å². The molecule has 178 valence electrons. The first-order chi connectivity index (χ1) is 16.4. The highest BCUT2D eigenvalue weighted by atomic mass is 79.9. The Labute approximate surface area is 219 Å². The van der Waals surface area contributed by atoms with E-state index in [1.807, 2.05) is 18.2 Å². The van der Waals surface area contributed by atoms with Gasteiger partial charge in [0.2, 0.25) is 0 Å². The van der Waals surface area contributed by atoms with E-state index >= 15 is 0 Å². The van der Waals surface area contributed by atoms with Gasteiger partial charge < -0.3 is 9.47 Å². The molecule has 0 amide bonds. The Kier molecular flexibility index (Phi) is 8.70. The fraction of sp³-hybridized carbons (Fsp3) is 0.321. The average molecular weight is 562 g/mol. The summed E-state index contributed by atoms with van der Waals surface area (Å²) in [6, 6.07) is 21.7. The first kappa shape index (κ1) is 25.2. The smallest absolute Gasteiger partial charge is 0.343 e. The first-order valence-corrected chi connectivity index (χ1v) is 13.2. The third kappa shape index (κ3) is 6.85. The largest absolute Gasteiger partial charge is 0.423 e. The Morgan fingerprint density at radius 3 is 2.59 bits per heavy atom. The van der Waals surface area contributed by atoms with Crippen LogP contribution < -0.4 is 4.74 Å². The van der Waals surface area contributed by atoms with Crippen LogP contribution in [0.2, 0.25) is 10.0 Å². The quantitative estimate of drug-likeness (QED) is 0.0825. The van der Waals surface area contributed by atoms with E-state index in [9.17, 15) is 4.79 Å². The molecule has 3 atom stereocenters. The van der Waals surface area contributed by atoms with Crippen molar-refractivity contribution in [2.45, 2.75) is 56.1 Å². The van der Waals surface area contributed by atoms with Crippen molar-refractivity contribution in [3.8, 4) is 5.75 Å². The van der Waals surface area contributed by atoms with Crippen molar-refractivity contribution >= 4 is 45.1 Å². The van der Waals surface area contributed by atoms with Crippen LogP contribution in [0.15, 0.2) is 66.7 Å². The molecule has 3 aromatic carbocycles. The highest BCUT2D eigenvalue weighted by Gasteiger charge is 2.48. The van der Waals surface area contributed by atoms with Gasteiger partial charge in [0.15, 0.2) is 6.10 Å². The standard InChI is InChI=1S/C28H27BrCl2O3/c1-18-10-12-19(13-11-18)16-21(29)8-4-2-6-20-7-3-5-9-23(20)26-27(34-26)28(32)33-25-15-14-22(30)17-24(25)31/h3,5,7,9-15,17,21,26-27H,2,4,6,8,16H2,1H3. The lowest BCUT2D eigenvalue weighted by Gasteiger charge is -2.11. The average Bonchev–Trinajstić information content (AvgIpc) is 3.61. The Balaban J connectivity index is 1.26. The fourth-order valence-corrected chi connectivity index (χ4v) is 5.20. The zero-order chi connectivity index (χ0) is 24.1. The van der Waals surface area contributed by atoms with Crippen LogP contribution in [0.5, 0.6) is 5.75 Å². The van der Waals surface area contributed by atoms with Gasteiger partial charge in [-0.2, -0.15) is 0 Å². The Morgan fingerprint density at radius 2 is 1.82 bits per heavy atom. The predicted molar refractivity (Wildman–Crippen MR) is 141 cm³/mol. The van der Waals surface area contributed by atoms with Gasteiger partial charge in [-0.1, -0.05) is 99.6 Å². The first-order valence-electron chi connectivity index (χ1n) is 11.5. The summed E-state index contributed by atoms with van der Waals surface area (Å²) in [6.45, 7) is 2.11. The maximum Gasteiger partial charge on any atom is 0.343 e. The second kappa shape index (κ2) is 11.7. The van der Waals surface area contributed by atoms with Crippen LogP contribution in [-0.4, -0.2) is 16.9 Å². The van der Waals surface area contributed by atoms with Gasteiger partial charge in [0.25, 0.3) is 0 Å². The molecule has 4 rings (SSSR count). The Bertz CT molecular complexity index is 1130. The number of benzene rings is 3. The van der Waals surface area contributed by atoms with Crippen LogP contribution >= 0.6 is 39.1 Å². The van der Waals surface area contributed by atoms with Gasteiger partial charge >= 0.3 is 5.97 Å². The van der Waals surface area contributed by atoms with Crippen LogP contribution in [0.1, 0.15) is 47.6 Å². The number of unbranched alkanes of at least 4 members (excludes halogenated alkanes) is 1. The summed E-state index contributed by atoms with van der Waals surface area (Å²) >= 11 is 15.9. The molecule has 1 fully saturated rings. The van der Waals surface area contributed by atoms with Crippen molar-refractivity contribution in [3.63, 3.8) is 0 Å². The van der Waals surface area contributed by atoms with E-state index in [1.165, 1.54) is 16.7 Å². The van der Waals surface area contributed by atoms with Crippen LogP contribution in [0.4, 0.5) is 0 Å². The van der Waals surface area contributed by atoms with Gasteiger partial charge in [0, 0.05) is 9.85 Å². The summed E-state index contributed by atoms with van der Waals surface area (Å²) in [6.07, 6.45) is 4.42. The summed E-state index contributed by atoms with van der Waals surface area (Å²) in [4.78, 5) is 13.0. The number of hydrogen-bond donors (Lipinski definition) is 0. The van der Waals surface area contributed by atoms with Gasteiger partial charge in [-0.05, 0) is 67.5 Å². The van der Waals surface area contributed by atoms with Crippen LogP contribution in [0.25, 0.3) is 0 Å². The van der Waals surface area contributed by atoms with Gasteiger partial charge in [0.05, 0.1) is 5.02 Å². The van der Waals surface area contributed by atoms with Gasteiger partial charge in [0.1, 0.15) is 11.9 Å². The van der Waals surface area contributed by atoms with Crippen molar-refractivity contribution in [2.75, 3.05) is 0 Å². The minimum absolute atomic E-state index is 0.278. The monoisotopic (exact) mass is 560 g/mol. The van der Waals surface area contributed by atoms with E-state index in [-0.39, 0.29) is 11.9 Å². The van der Waals surface area contributed by atoms with E-state index < -0.39 is 12.1 Å². The minimum atomic E-state index is -0.616. The molecule has 1 aliphatic rings. The van der Waals surface area contributed by atoms with Crippen LogP contribution in [0, 0.1) is 6.92 Å². The molecule has 0 bridgehead atoms. The van der Waals surface area contributed by atoms with Crippen molar-refractivity contribution in [3.05, 3.63) is 99.0 Å². The summed E-state index contributed by atoms with van der Waals surface area (Å²) in [5.74, 6) is -0.157. The van der Waals surface area contributed by atoms with Crippen molar-refractivity contribution in [1.29, 1.82) is 0 Å². The molecule has 0 N–H and O–H groups in total. The summed E-state index contributed by atoms with van der Waals surface area (Å²) < 4.78 is 11.1. The molecule has 0 radical (unpaired) electrons. The minimum Gasteiger partial charge on any atom is -0.423 e. The molecule has 1 saturated heterocycles. The lowest BCUT2D eigenvalue weighted by molar-refractivity contribution is -0.135. The number of hydrogen-bond acceptors (Lipinski definition) is 3. The Morgan fingerprint density at radius 1 is 1.06 bits per heavy atom. The van der Waals surface area contributed by atoms with E-state index in [4.69, 9.17) is 32.7 Å². The maximum atomic E-state index is 12.6. The second-order valence-corrected chi connectivity index (χ2v) is 10.8. The molecule has 3 unspecified atom stereocenters. The highest BCUT2D eigenvalue weighted by Crippen LogP contribution is 2.42. The van der Waals surface area contributed by atoms with Gasteiger partial charge in [-0.25, -0.2) is 4.79 Å². The molecule has 1 aliphatic heterocycles. The molecule has 3 nitrogen and oxygen atoms in total. The number of halogens is 3. The molecular formula is C28H27BrCl2O3. The number of rotatable bonds is 10. The third-order valence-electron chi connectivity index (χ3n) is 5.98. The highest BCUT2D eigenvalue weighted by molar-refractivity contribution is 9.09. The van der Waals surface area contributed by atoms with Crippen LogP contribution in [-0.2, 0) is 22.4 Å². The van der Waals surface area contributed by atoms with Gasteiger partial charge in [-0.3, -0.25) is 0 Å². The molecule has 34 heavy (non-hydrogen) atoms. The summed E-state index contributed by atoms with van der Waals surface area (Å²) in [7, 11) is 0. The van der Waals surface area contributed by atoms with E-state index in [1.54, 1.807) is 18.2 Å². The lowest BCUT2D eigenvalue weighted by Crippen LogP contribution is -2.16. The SMILES string of the molecule is Cc1ccc(CC(Br)CCCCc2ccccc2C2OC2C(=O)Oc2ccc(Cl)cc2Cl)cc1. The lowest BCUT2D eigenvalue weighted by atomic mass is 9.97. The molecule has 3 aromatic rings. The van der Waals surface area contributed by atoms with Crippen LogP contribution in [0.3, 0.4) is 0 Å². The number of ether oxygens (including phenoxy) is 2. The molecule has 1 heterocycles. The third-order valence-corrected chi connectivity index (χ3v) is 7.29.